The summed E-state index contributed by atoms with van der Waals surface area (Å²) < 4.78 is 24.1. The number of carbonyl (C=O) groups is 1. The van der Waals surface area contributed by atoms with Gasteiger partial charge in [0.15, 0.2) is 0 Å². The van der Waals surface area contributed by atoms with E-state index in [0.717, 1.165) is 32.1 Å². The van der Waals surface area contributed by atoms with Gasteiger partial charge in [0.2, 0.25) is 10.0 Å². The zero-order chi connectivity index (χ0) is 13.6. The smallest absolute Gasteiger partial charge is 0.314 e. The predicted molar refractivity (Wildman–Crippen MR) is 69.6 cm³/mol. The van der Waals surface area contributed by atoms with Crippen molar-refractivity contribution in [3.8, 4) is 0 Å². The standard InChI is InChI=1S/C10H22N4O3S/c1-18(16,17)13-6-2-5-12-9-3-7-14(8-4-9)10(11)15/h9,12-13H,2-8H2,1H3,(H2,11,15). The summed E-state index contributed by atoms with van der Waals surface area (Å²) in [6, 6.07) is 0.0321. The number of sulfonamides is 1. The first-order valence-electron chi connectivity index (χ1n) is 6.11. The molecule has 2 amide bonds. The van der Waals surface area contributed by atoms with Crippen molar-refractivity contribution >= 4 is 16.1 Å². The first-order chi connectivity index (χ1) is 8.38. The second-order valence-corrected chi connectivity index (χ2v) is 6.41. The van der Waals surface area contributed by atoms with Crippen LogP contribution < -0.4 is 15.8 Å². The fraction of sp³-hybridized carbons (Fsp3) is 0.900. The zero-order valence-electron chi connectivity index (χ0n) is 10.7. The average Bonchev–Trinajstić information content (AvgIpc) is 2.27. The molecule has 0 radical (unpaired) electrons. The van der Waals surface area contributed by atoms with Crippen LogP contribution in [-0.4, -0.2) is 57.8 Å². The third kappa shape index (κ3) is 6.18. The Morgan fingerprint density at radius 1 is 1.33 bits per heavy atom. The molecule has 1 aliphatic rings. The van der Waals surface area contributed by atoms with Gasteiger partial charge in [-0.1, -0.05) is 0 Å². The molecule has 4 N–H and O–H groups in total. The van der Waals surface area contributed by atoms with E-state index in [9.17, 15) is 13.2 Å². The molecule has 7 nitrogen and oxygen atoms in total. The van der Waals surface area contributed by atoms with Crippen molar-refractivity contribution in [2.24, 2.45) is 5.73 Å². The number of nitrogens with zero attached hydrogens (tertiary/aromatic N) is 1. The van der Waals surface area contributed by atoms with Crippen LogP contribution >= 0.6 is 0 Å². The van der Waals surface area contributed by atoms with Crippen molar-refractivity contribution in [1.29, 1.82) is 0 Å². The number of amides is 2. The summed E-state index contributed by atoms with van der Waals surface area (Å²) in [6.45, 7) is 2.60. The van der Waals surface area contributed by atoms with Crippen LogP contribution in [0.25, 0.3) is 0 Å². The second kappa shape index (κ2) is 6.91. The summed E-state index contributed by atoms with van der Waals surface area (Å²) in [5.74, 6) is 0. The molecule has 0 aromatic rings. The first-order valence-corrected chi connectivity index (χ1v) is 8.00. The Balaban J connectivity index is 2.06. The fourth-order valence-electron chi connectivity index (χ4n) is 1.96. The van der Waals surface area contributed by atoms with Crippen LogP contribution in [0.1, 0.15) is 19.3 Å². The lowest BCUT2D eigenvalue weighted by atomic mass is 10.1. The summed E-state index contributed by atoms with van der Waals surface area (Å²) in [6.07, 6.45) is 3.69. The molecule has 8 heteroatoms. The van der Waals surface area contributed by atoms with E-state index in [-0.39, 0.29) is 6.03 Å². The molecular weight excluding hydrogens is 256 g/mol. The Morgan fingerprint density at radius 3 is 2.44 bits per heavy atom. The van der Waals surface area contributed by atoms with Crippen LogP contribution in [0, 0.1) is 0 Å². The number of piperidine rings is 1. The van der Waals surface area contributed by atoms with Crippen LogP contribution in [0.15, 0.2) is 0 Å². The lowest BCUT2D eigenvalue weighted by Gasteiger charge is -2.31. The van der Waals surface area contributed by atoms with E-state index < -0.39 is 10.0 Å². The van der Waals surface area contributed by atoms with E-state index >= 15 is 0 Å². The van der Waals surface area contributed by atoms with Crippen molar-refractivity contribution in [2.45, 2.75) is 25.3 Å². The van der Waals surface area contributed by atoms with Gasteiger partial charge in [0.1, 0.15) is 0 Å². The van der Waals surface area contributed by atoms with Gasteiger partial charge in [-0.15, -0.1) is 0 Å². The van der Waals surface area contributed by atoms with Crippen LogP contribution in [0.5, 0.6) is 0 Å². The van der Waals surface area contributed by atoms with Crippen LogP contribution in [0.2, 0.25) is 0 Å². The van der Waals surface area contributed by atoms with Gasteiger partial charge in [-0.25, -0.2) is 17.9 Å². The van der Waals surface area contributed by atoms with Crippen LogP contribution in [0.3, 0.4) is 0 Å². The quantitative estimate of drug-likeness (QED) is 0.545. The molecule has 0 spiro atoms. The van der Waals surface area contributed by atoms with Gasteiger partial charge < -0.3 is 16.0 Å². The number of primary amides is 1. The van der Waals surface area contributed by atoms with Crippen LogP contribution in [-0.2, 0) is 10.0 Å². The van der Waals surface area contributed by atoms with E-state index in [1.807, 2.05) is 0 Å². The molecule has 0 bridgehead atoms. The molecule has 18 heavy (non-hydrogen) atoms. The van der Waals surface area contributed by atoms with E-state index in [0.29, 0.717) is 25.7 Å². The Labute approximate surface area is 108 Å². The molecule has 1 saturated heterocycles. The highest BCUT2D eigenvalue weighted by molar-refractivity contribution is 7.88. The Hall–Kier alpha value is -0.860. The van der Waals surface area contributed by atoms with Gasteiger partial charge in [0.05, 0.1) is 6.26 Å². The fourth-order valence-corrected chi connectivity index (χ4v) is 2.47. The SMILES string of the molecule is CS(=O)(=O)NCCCNC1CCN(C(N)=O)CC1. The molecule has 0 aromatic carbocycles. The average molecular weight is 278 g/mol. The summed E-state index contributed by atoms with van der Waals surface area (Å²) in [4.78, 5) is 12.6. The normalized spacial score (nSPS) is 17.9. The topological polar surface area (TPSA) is 105 Å². The number of rotatable bonds is 6. The minimum atomic E-state index is -3.08. The van der Waals surface area contributed by atoms with Gasteiger partial charge in [-0.3, -0.25) is 0 Å². The van der Waals surface area contributed by atoms with E-state index in [4.69, 9.17) is 5.73 Å². The summed E-state index contributed by atoms with van der Waals surface area (Å²) in [5.41, 5.74) is 5.19. The Bertz CT molecular complexity index is 363. The lowest BCUT2D eigenvalue weighted by Crippen LogP contribution is -2.47. The second-order valence-electron chi connectivity index (χ2n) is 4.57. The van der Waals surface area contributed by atoms with Crippen molar-refractivity contribution in [3.63, 3.8) is 0 Å². The largest absolute Gasteiger partial charge is 0.351 e. The monoisotopic (exact) mass is 278 g/mol. The van der Waals surface area contributed by atoms with Crippen LogP contribution in [0.4, 0.5) is 4.79 Å². The summed E-state index contributed by atoms with van der Waals surface area (Å²) in [5, 5.41) is 3.35. The molecule has 0 atom stereocenters. The maximum Gasteiger partial charge on any atom is 0.314 e. The minimum absolute atomic E-state index is 0.356. The number of likely N-dealkylation sites (tertiary alicyclic amines) is 1. The molecule has 1 aliphatic heterocycles. The third-order valence-corrected chi connectivity index (χ3v) is 3.69. The molecule has 0 unspecified atom stereocenters. The summed E-state index contributed by atoms with van der Waals surface area (Å²) >= 11 is 0. The van der Waals surface area contributed by atoms with Gasteiger partial charge in [-0.2, -0.15) is 0 Å². The predicted octanol–water partition coefficient (Wildman–Crippen LogP) is -0.942. The zero-order valence-corrected chi connectivity index (χ0v) is 11.5. The van der Waals surface area contributed by atoms with Crippen molar-refractivity contribution in [3.05, 3.63) is 0 Å². The highest BCUT2D eigenvalue weighted by Gasteiger charge is 2.20. The highest BCUT2D eigenvalue weighted by Crippen LogP contribution is 2.09. The van der Waals surface area contributed by atoms with Crippen molar-refractivity contribution in [1.82, 2.24) is 14.9 Å². The Kier molecular flexibility index (Phi) is 5.83. The molecule has 0 saturated carbocycles. The molecular formula is C10H22N4O3S. The molecule has 0 aromatic heterocycles. The summed E-state index contributed by atoms with van der Waals surface area (Å²) in [7, 11) is -3.08. The maximum atomic E-state index is 10.9. The van der Waals surface area contributed by atoms with Gasteiger partial charge in [0.25, 0.3) is 0 Å². The number of hydrogen-bond acceptors (Lipinski definition) is 4. The number of nitrogens with two attached hydrogens (primary N) is 1. The molecule has 1 heterocycles. The first kappa shape index (κ1) is 15.2. The van der Waals surface area contributed by atoms with Crippen molar-refractivity contribution < 1.29 is 13.2 Å². The van der Waals surface area contributed by atoms with Gasteiger partial charge >= 0.3 is 6.03 Å². The number of hydrogen-bond donors (Lipinski definition) is 3. The third-order valence-electron chi connectivity index (χ3n) is 2.96. The van der Waals surface area contributed by atoms with Gasteiger partial charge in [-0.05, 0) is 25.8 Å². The number of nitrogens with one attached hydrogen (secondary N) is 2. The molecule has 0 aliphatic carbocycles. The number of carbonyl (C=O) groups excluding carboxylic acids is 1. The molecule has 1 fully saturated rings. The Morgan fingerprint density at radius 2 is 1.94 bits per heavy atom. The van der Waals surface area contributed by atoms with Gasteiger partial charge in [0, 0.05) is 25.7 Å². The number of urea groups is 1. The lowest BCUT2D eigenvalue weighted by molar-refractivity contribution is 0.185. The van der Waals surface area contributed by atoms with E-state index in [1.165, 1.54) is 0 Å². The minimum Gasteiger partial charge on any atom is -0.351 e. The molecule has 1 rings (SSSR count). The van der Waals surface area contributed by atoms with Crippen molar-refractivity contribution in [2.75, 3.05) is 32.4 Å². The van der Waals surface area contributed by atoms with E-state index in [2.05, 4.69) is 10.0 Å². The van der Waals surface area contributed by atoms with E-state index in [1.54, 1.807) is 4.90 Å². The maximum absolute atomic E-state index is 10.9. The molecule has 106 valence electrons. The highest BCUT2D eigenvalue weighted by atomic mass is 32.2.